The lowest BCUT2D eigenvalue weighted by atomic mass is 9.95. The molecule has 0 bridgehead atoms. The second-order valence-electron chi connectivity index (χ2n) is 5.73. The highest BCUT2D eigenvalue weighted by Gasteiger charge is 2.37. The zero-order valence-electron chi connectivity index (χ0n) is 12.4. The van der Waals surface area contributed by atoms with Crippen molar-refractivity contribution in [3.8, 4) is 0 Å². The smallest absolute Gasteiger partial charge is 0.234 e. The number of nitrogens with two attached hydrogens (primary N) is 2. The predicted octanol–water partition coefficient (Wildman–Crippen LogP) is 1.72. The zero-order valence-corrected chi connectivity index (χ0v) is 12.4. The normalized spacial score (nSPS) is 22.6. The Morgan fingerprint density at radius 2 is 2.05 bits per heavy atom. The summed E-state index contributed by atoms with van der Waals surface area (Å²) in [5.41, 5.74) is 14.3. The van der Waals surface area contributed by atoms with Crippen molar-refractivity contribution in [2.75, 3.05) is 6.54 Å². The van der Waals surface area contributed by atoms with Gasteiger partial charge < -0.3 is 11.5 Å². The molecule has 1 heterocycles. The second kappa shape index (κ2) is 6.37. The molecule has 4 heteroatoms. The minimum absolute atomic E-state index is 0.0117. The molecule has 1 fully saturated rings. The lowest BCUT2D eigenvalue weighted by Crippen LogP contribution is -2.47. The summed E-state index contributed by atoms with van der Waals surface area (Å²) in [6.45, 7) is 5.04. The van der Waals surface area contributed by atoms with E-state index in [-0.39, 0.29) is 24.0 Å². The maximum Gasteiger partial charge on any atom is 0.234 e. The summed E-state index contributed by atoms with van der Waals surface area (Å²) in [5, 5.41) is 0. The van der Waals surface area contributed by atoms with Gasteiger partial charge in [-0.25, -0.2) is 0 Å². The number of carbonyl (C=O) groups excluding carboxylic acids is 1. The van der Waals surface area contributed by atoms with Crippen molar-refractivity contribution < 1.29 is 4.79 Å². The van der Waals surface area contributed by atoms with Gasteiger partial charge in [0.2, 0.25) is 5.91 Å². The summed E-state index contributed by atoms with van der Waals surface area (Å²) in [4.78, 5) is 13.8. The molecule has 20 heavy (non-hydrogen) atoms. The first-order chi connectivity index (χ1) is 9.54. The van der Waals surface area contributed by atoms with E-state index in [2.05, 4.69) is 43.0 Å². The van der Waals surface area contributed by atoms with Crippen LogP contribution < -0.4 is 11.5 Å². The topological polar surface area (TPSA) is 72.3 Å². The molecule has 4 N–H and O–H groups in total. The first-order valence-corrected chi connectivity index (χ1v) is 7.41. The van der Waals surface area contributed by atoms with Crippen LogP contribution in [0, 0.1) is 6.92 Å². The standard InChI is InChI=1S/C16H25N3O/c1-3-13(17)15(12-8-6-11(2)7-9-12)19-10-4-5-14(19)16(18)20/h6-9,13-15H,3-5,10,17H2,1-2H3,(H2,18,20). The van der Waals surface area contributed by atoms with E-state index in [9.17, 15) is 4.79 Å². The van der Waals surface area contributed by atoms with Crippen molar-refractivity contribution in [2.24, 2.45) is 11.5 Å². The SMILES string of the molecule is CCC(N)C(c1ccc(C)cc1)N1CCCC1C(N)=O. The monoisotopic (exact) mass is 275 g/mol. The fraction of sp³-hybridized carbons (Fsp3) is 0.562. The van der Waals surface area contributed by atoms with Crippen molar-refractivity contribution in [2.45, 2.75) is 51.2 Å². The van der Waals surface area contributed by atoms with Gasteiger partial charge in [0.25, 0.3) is 0 Å². The Morgan fingerprint density at radius 1 is 1.40 bits per heavy atom. The molecule has 1 aromatic rings. The van der Waals surface area contributed by atoms with Gasteiger partial charge in [0.15, 0.2) is 0 Å². The minimum atomic E-state index is -0.233. The second-order valence-corrected chi connectivity index (χ2v) is 5.73. The molecular weight excluding hydrogens is 250 g/mol. The van der Waals surface area contributed by atoms with E-state index in [0.29, 0.717) is 0 Å². The number of rotatable bonds is 5. The van der Waals surface area contributed by atoms with Gasteiger partial charge in [-0.3, -0.25) is 9.69 Å². The van der Waals surface area contributed by atoms with Crippen molar-refractivity contribution in [3.63, 3.8) is 0 Å². The molecule has 2 rings (SSSR count). The number of hydrogen-bond acceptors (Lipinski definition) is 3. The summed E-state index contributed by atoms with van der Waals surface area (Å²) in [5.74, 6) is -0.233. The van der Waals surface area contributed by atoms with E-state index in [1.165, 1.54) is 11.1 Å². The van der Waals surface area contributed by atoms with Crippen LogP contribution in [0.3, 0.4) is 0 Å². The van der Waals surface area contributed by atoms with Gasteiger partial charge in [-0.05, 0) is 38.3 Å². The fourth-order valence-corrected chi connectivity index (χ4v) is 3.10. The van der Waals surface area contributed by atoms with E-state index in [1.54, 1.807) is 0 Å². The number of primary amides is 1. The maximum absolute atomic E-state index is 11.7. The number of nitrogens with zero attached hydrogens (tertiary/aromatic N) is 1. The first-order valence-electron chi connectivity index (χ1n) is 7.41. The third-order valence-corrected chi connectivity index (χ3v) is 4.28. The Labute approximate surface area is 121 Å². The maximum atomic E-state index is 11.7. The van der Waals surface area contributed by atoms with Crippen LogP contribution in [0.1, 0.15) is 43.4 Å². The van der Waals surface area contributed by atoms with E-state index in [0.717, 1.165) is 25.8 Å². The Balaban J connectivity index is 2.32. The largest absolute Gasteiger partial charge is 0.368 e. The number of amides is 1. The van der Waals surface area contributed by atoms with Gasteiger partial charge in [-0.1, -0.05) is 36.8 Å². The molecule has 0 saturated carbocycles. The molecule has 1 amide bonds. The Hall–Kier alpha value is -1.39. The fourth-order valence-electron chi connectivity index (χ4n) is 3.10. The van der Waals surface area contributed by atoms with Crippen LogP contribution in [0.25, 0.3) is 0 Å². The summed E-state index contributed by atoms with van der Waals surface area (Å²) < 4.78 is 0. The highest BCUT2D eigenvalue weighted by molar-refractivity contribution is 5.80. The van der Waals surface area contributed by atoms with Crippen LogP contribution in [-0.4, -0.2) is 29.4 Å². The zero-order chi connectivity index (χ0) is 14.7. The van der Waals surface area contributed by atoms with Gasteiger partial charge in [-0.15, -0.1) is 0 Å². The van der Waals surface area contributed by atoms with Crippen LogP contribution in [0.5, 0.6) is 0 Å². The molecule has 1 saturated heterocycles. The molecule has 0 radical (unpaired) electrons. The van der Waals surface area contributed by atoms with E-state index in [4.69, 9.17) is 11.5 Å². The number of carbonyl (C=O) groups is 1. The van der Waals surface area contributed by atoms with Gasteiger partial charge >= 0.3 is 0 Å². The molecule has 0 aliphatic carbocycles. The van der Waals surface area contributed by atoms with Crippen LogP contribution in [-0.2, 0) is 4.79 Å². The first kappa shape index (κ1) is 15.0. The van der Waals surface area contributed by atoms with E-state index in [1.807, 2.05) is 0 Å². The number of hydrogen-bond donors (Lipinski definition) is 2. The molecule has 110 valence electrons. The van der Waals surface area contributed by atoms with Crippen LogP contribution >= 0.6 is 0 Å². The van der Waals surface area contributed by atoms with Crippen LogP contribution in [0.15, 0.2) is 24.3 Å². The van der Waals surface area contributed by atoms with Gasteiger partial charge in [-0.2, -0.15) is 0 Å². The average Bonchev–Trinajstić information content (AvgIpc) is 2.90. The van der Waals surface area contributed by atoms with Gasteiger partial charge in [0.1, 0.15) is 0 Å². The Bertz CT molecular complexity index is 457. The van der Waals surface area contributed by atoms with Gasteiger partial charge in [0.05, 0.1) is 12.1 Å². The Morgan fingerprint density at radius 3 is 2.60 bits per heavy atom. The van der Waals surface area contributed by atoms with Crippen molar-refractivity contribution in [3.05, 3.63) is 35.4 Å². The third kappa shape index (κ3) is 3.02. The van der Waals surface area contributed by atoms with E-state index < -0.39 is 0 Å². The molecule has 3 unspecified atom stereocenters. The number of likely N-dealkylation sites (tertiary alicyclic amines) is 1. The quantitative estimate of drug-likeness (QED) is 0.859. The number of benzene rings is 1. The summed E-state index contributed by atoms with van der Waals surface area (Å²) >= 11 is 0. The van der Waals surface area contributed by atoms with Crippen molar-refractivity contribution in [1.82, 2.24) is 4.90 Å². The molecule has 1 aliphatic rings. The van der Waals surface area contributed by atoms with Crippen LogP contribution in [0.2, 0.25) is 0 Å². The van der Waals surface area contributed by atoms with E-state index >= 15 is 0 Å². The lowest BCUT2D eigenvalue weighted by Gasteiger charge is -2.35. The van der Waals surface area contributed by atoms with Crippen molar-refractivity contribution >= 4 is 5.91 Å². The Kier molecular flexibility index (Phi) is 4.78. The summed E-state index contributed by atoms with van der Waals surface area (Å²) in [7, 11) is 0. The summed E-state index contributed by atoms with van der Waals surface area (Å²) in [6.07, 6.45) is 2.72. The van der Waals surface area contributed by atoms with Gasteiger partial charge in [0, 0.05) is 6.04 Å². The van der Waals surface area contributed by atoms with Crippen LogP contribution in [0.4, 0.5) is 0 Å². The molecular formula is C16H25N3O. The highest BCUT2D eigenvalue weighted by Crippen LogP contribution is 2.32. The predicted molar refractivity (Wildman–Crippen MR) is 81.1 cm³/mol. The molecule has 0 aromatic heterocycles. The molecule has 4 nitrogen and oxygen atoms in total. The molecule has 3 atom stereocenters. The van der Waals surface area contributed by atoms with Crippen molar-refractivity contribution in [1.29, 1.82) is 0 Å². The third-order valence-electron chi connectivity index (χ3n) is 4.28. The average molecular weight is 275 g/mol. The number of aryl methyl sites for hydroxylation is 1. The lowest BCUT2D eigenvalue weighted by molar-refractivity contribution is -0.123. The highest BCUT2D eigenvalue weighted by atomic mass is 16.1. The minimum Gasteiger partial charge on any atom is -0.368 e. The molecule has 0 spiro atoms. The molecule has 1 aliphatic heterocycles. The summed E-state index contributed by atoms with van der Waals surface area (Å²) in [6, 6.07) is 8.33. The molecule has 1 aromatic carbocycles.